The average molecular weight is 470 g/mol. The molecule has 0 spiro atoms. The van der Waals surface area contributed by atoms with Crippen LogP contribution >= 0.6 is 0 Å². The van der Waals surface area contributed by atoms with Crippen LogP contribution in [0.3, 0.4) is 0 Å². The third-order valence-corrected chi connectivity index (χ3v) is 10.7. The Morgan fingerprint density at radius 1 is 0.778 bits per heavy atom. The molecular formula is C22H23Cl3SiTi. The number of allylic oxidation sites excluding steroid dienone is 4. The Bertz CT molecular complexity index is 674. The Morgan fingerprint density at radius 3 is 1.74 bits per heavy atom. The smallest absolute Gasteiger partial charge is 1.00 e. The van der Waals surface area contributed by atoms with Crippen LogP contribution in [0.1, 0.15) is 6.42 Å². The summed E-state index contributed by atoms with van der Waals surface area (Å²) in [4.78, 5) is 0. The molecule has 5 heteroatoms. The van der Waals surface area contributed by atoms with Gasteiger partial charge in [0, 0.05) is 0 Å². The summed E-state index contributed by atoms with van der Waals surface area (Å²) in [5.74, 6) is 1.33. The molecule has 140 valence electrons. The van der Waals surface area contributed by atoms with E-state index in [0.29, 0.717) is 17.4 Å². The second-order valence-corrected chi connectivity index (χ2v) is 11.3. The fourth-order valence-electron chi connectivity index (χ4n) is 4.34. The predicted octanol–water partition coefficient (Wildman–Crippen LogP) is -4.77. The minimum atomic E-state index is -1.78. The molecule has 0 N–H and O–H groups in total. The van der Waals surface area contributed by atoms with Gasteiger partial charge in [-0.3, -0.25) is 0 Å². The molecule has 1 fully saturated rings. The summed E-state index contributed by atoms with van der Waals surface area (Å²) in [7, 11) is -1.78. The number of hydrogen-bond donors (Lipinski definition) is 0. The first-order valence-corrected chi connectivity index (χ1v) is 11.2. The van der Waals surface area contributed by atoms with Crippen molar-refractivity contribution in [2.45, 2.75) is 18.5 Å². The Kier molecular flexibility index (Phi) is 11.5. The first-order chi connectivity index (χ1) is 11.3. The molecule has 3 atom stereocenters. The minimum absolute atomic E-state index is 0. The number of benzene rings is 2. The maximum Gasteiger partial charge on any atom is 4.00 e. The van der Waals surface area contributed by atoms with Gasteiger partial charge in [-0.25, -0.2) is 0 Å². The molecule has 0 aromatic heterocycles. The van der Waals surface area contributed by atoms with E-state index in [0.717, 1.165) is 0 Å². The van der Waals surface area contributed by atoms with Gasteiger partial charge in [-0.1, -0.05) is 102 Å². The summed E-state index contributed by atoms with van der Waals surface area (Å²) in [6.07, 6.45) is 13.2. The quantitative estimate of drug-likeness (QED) is 0.313. The van der Waals surface area contributed by atoms with Crippen molar-refractivity contribution < 1.29 is 58.9 Å². The summed E-state index contributed by atoms with van der Waals surface area (Å²) >= 11 is 0. The zero-order chi connectivity index (χ0) is 15.7. The molecule has 0 bridgehead atoms. The first-order valence-electron chi connectivity index (χ1n) is 8.59. The molecule has 0 nitrogen and oxygen atoms in total. The number of hydrogen-bond acceptors (Lipinski definition) is 0. The molecular weight excluding hydrogens is 447 g/mol. The predicted molar refractivity (Wildman–Crippen MR) is 102 cm³/mol. The van der Waals surface area contributed by atoms with E-state index in [2.05, 4.69) is 97.9 Å². The van der Waals surface area contributed by atoms with E-state index in [1.54, 1.807) is 10.4 Å². The topological polar surface area (TPSA) is 0 Å². The van der Waals surface area contributed by atoms with E-state index >= 15 is 0 Å². The van der Waals surface area contributed by atoms with Gasteiger partial charge in [-0.05, 0) is 5.92 Å². The zero-order valence-electron chi connectivity index (χ0n) is 15.2. The van der Waals surface area contributed by atoms with Gasteiger partial charge in [0.25, 0.3) is 0 Å². The first kappa shape index (κ1) is 26.7. The van der Waals surface area contributed by atoms with Gasteiger partial charge in [0.1, 0.15) is 0 Å². The Labute approximate surface area is 198 Å². The molecule has 2 aliphatic carbocycles. The van der Waals surface area contributed by atoms with Gasteiger partial charge < -0.3 is 43.6 Å². The summed E-state index contributed by atoms with van der Waals surface area (Å²) in [5, 5.41) is 3.11. The molecule has 3 unspecified atom stereocenters. The Balaban J connectivity index is 0.00000169. The fourth-order valence-corrected chi connectivity index (χ4v) is 8.65. The van der Waals surface area contributed by atoms with Crippen LogP contribution in [0.25, 0.3) is 0 Å². The van der Waals surface area contributed by atoms with Crippen LogP contribution in [0.4, 0.5) is 0 Å². The zero-order valence-corrected chi connectivity index (χ0v) is 20.1. The van der Waals surface area contributed by atoms with Gasteiger partial charge in [0.15, 0.2) is 0 Å². The van der Waals surface area contributed by atoms with Crippen molar-refractivity contribution in [3.05, 3.63) is 91.4 Å². The van der Waals surface area contributed by atoms with Crippen molar-refractivity contribution in [2.24, 2.45) is 11.8 Å². The van der Waals surface area contributed by atoms with Gasteiger partial charge >= 0.3 is 21.7 Å². The second kappa shape index (κ2) is 11.7. The van der Waals surface area contributed by atoms with Crippen LogP contribution < -0.4 is 47.6 Å². The van der Waals surface area contributed by atoms with E-state index in [9.17, 15) is 0 Å². The molecule has 0 aliphatic heterocycles. The van der Waals surface area contributed by atoms with Crippen molar-refractivity contribution in [3.63, 3.8) is 0 Å². The van der Waals surface area contributed by atoms with Crippen LogP contribution in [0, 0.1) is 18.3 Å². The van der Waals surface area contributed by atoms with Crippen LogP contribution in [-0.4, -0.2) is 8.07 Å². The van der Waals surface area contributed by atoms with E-state index in [4.69, 9.17) is 0 Å². The maximum absolute atomic E-state index is 2.65. The molecule has 0 heterocycles. The second-order valence-electron chi connectivity index (χ2n) is 6.98. The van der Waals surface area contributed by atoms with Crippen molar-refractivity contribution in [1.29, 1.82) is 0 Å². The molecule has 1 saturated carbocycles. The van der Waals surface area contributed by atoms with Crippen molar-refractivity contribution in [1.82, 2.24) is 0 Å². The normalized spacial score (nSPS) is 22.3. The van der Waals surface area contributed by atoms with E-state index in [1.807, 2.05) is 0 Å². The molecule has 0 amide bonds. The van der Waals surface area contributed by atoms with Gasteiger partial charge in [-0.15, -0.1) is 12.0 Å². The van der Waals surface area contributed by atoms with Crippen LogP contribution in [-0.2, 0) is 21.7 Å². The molecule has 0 saturated heterocycles. The van der Waals surface area contributed by atoms with Crippen molar-refractivity contribution in [2.75, 3.05) is 0 Å². The average Bonchev–Trinajstić information content (AvgIpc) is 3.07. The van der Waals surface area contributed by atoms with Gasteiger partial charge in [0.05, 0.1) is 8.07 Å². The third kappa shape index (κ3) is 5.21. The minimum Gasteiger partial charge on any atom is -1.00 e. The van der Waals surface area contributed by atoms with E-state index in [1.165, 1.54) is 6.42 Å². The standard InChI is InChI=1S/C22H23Si.3ClH.Ti/c1-23(20-12-4-2-5-13-20,21-14-6-3-7-15-21)22-16-18-10-8-9-11-19(18)17-22;;;;/h2-16,18-19,22H,17H2,1H3;3*1H;/q-1;;;;+4/p-3. The molecule has 2 aromatic rings. The van der Waals surface area contributed by atoms with Crippen molar-refractivity contribution in [3.8, 4) is 0 Å². The largest absolute Gasteiger partial charge is 4.00 e. The summed E-state index contributed by atoms with van der Waals surface area (Å²) < 4.78 is 0. The summed E-state index contributed by atoms with van der Waals surface area (Å²) in [6.45, 7) is 2.56. The Hall–Kier alpha value is -0.279. The molecule has 27 heavy (non-hydrogen) atoms. The SMILES string of the molecule is C[Si](c1ccccc1)(c1ccccc1)C1[CH-]C2C=CC=CC2C1.[Cl-].[Cl-].[Cl-].[Ti+4]. The fraction of sp³-hybridized carbons (Fsp3) is 0.227. The molecule has 2 aromatic carbocycles. The monoisotopic (exact) mass is 468 g/mol. The van der Waals surface area contributed by atoms with Crippen LogP contribution in [0.2, 0.25) is 12.1 Å². The van der Waals surface area contributed by atoms with E-state index in [-0.39, 0.29) is 58.9 Å². The van der Waals surface area contributed by atoms with Crippen molar-refractivity contribution >= 4 is 18.4 Å². The van der Waals surface area contributed by atoms with Gasteiger partial charge in [-0.2, -0.15) is 5.54 Å². The molecule has 0 radical (unpaired) electrons. The summed E-state index contributed by atoms with van der Waals surface area (Å²) in [6, 6.07) is 22.5. The van der Waals surface area contributed by atoms with Crippen LogP contribution in [0.5, 0.6) is 0 Å². The number of rotatable bonds is 3. The van der Waals surface area contributed by atoms with Gasteiger partial charge in [0.2, 0.25) is 0 Å². The maximum atomic E-state index is 2.65. The molecule has 2 aliphatic rings. The summed E-state index contributed by atoms with van der Waals surface area (Å²) in [5.41, 5.74) is 0.690. The van der Waals surface area contributed by atoms with E-state index < -0.39 is 8.07 Å². The third-order valence-electron chi connectivity index (χ3n) is 5.77. The number of halogens is 3. The number of fused-ring (bicyclic) bond motifs is 1. The molecule has 4 rings (SSSR count). The van der Waals surface area contributed by atoms with Crippen LogP contribution in [0.15, 0.2) is 85.0 Å². The Morgan fingerprint density at radius 2 is 1.26 bits per heavy atom.